The van der Waals surface area contributed by atoms with Crippen molar-refractivity contribution in [2.45, 2.75) is 13.8 Å². The van der Waals surface area contributed by atoms with Gasteiger partial charge in [-0.1, -0.05) is 29.8 Å². The first-order valence-corrected chi connectivity index (χ1v) is 7.76. The lowest BCUT2D eigenvalue weighted by molar-refractivity contribution is 0.0663. The molecule has 2 aromatic carbocycles. The van der Waals surface area contributed by atoms with Crippen molar-refractivity contribution in [1.82, 2.24) is 0 Å². The minimum absolute atomic E-state index is 0.124. The molecule has 1 amide bonds. The number of anilines is 1. The first-order valence-electron chi connectivity index (χ1n) is 7.76. The van der Waals surface area contributed by atoms with E-state index in [4.69, 9.17) is 9.52 Å². The number of amides is 1. The Hall–Kier alpha value is -3.34. The number of hydrogen-bond donors (Lipinski definition) is 2. The van der Waals surface area contributed by atoms with E-state index in [0.717, 1.165) is 11.1 Å². The van der Waals surface area contributed by atoms with Crippen molar-refractivity contribution in [3.63, 3.8) is 0 Å². The molecule has 0 bridgehead atoms. The van der Waals surface area contributed by atoms with Gasteiger partial charge in [-0.15, -0.1) is 0 Å². The van der Waals surface area contributed by atoms with Gasteiger partial charge in [0.1, 0.15) is 5.76 Å². The SMILES string of the molecule is Cc1ccc(C(=O)Nc2cc(-c3ccc(C(=O)O)o3)ccc2C)cc1. The quantitative estimate of drug-likeness (QED) is 0.735. The second-order valence-corrected chi connectivity index (χ2v) is 5.82. The average molecular weight is 335 g/mol. The van der Waals surface area contributed by atoms with E-state index in [2.05, 4.69) is 5.32 Å². The lowest BCUT2D eigenvalue weighted by atomic mass is 10.1. The second kappa shape index (κ2) is 6.65. The fourth-order valence-electron chi connectivity index (χ4n) is 2.42. The first kappa shape index (κ1) is 16.5. The van der Waals surface area contributed by atoms with Crippen molar-refractivity contribution in [3.05, 3.63) is 77.0 Å². The van der Waals surface area contributed by atoms with Gasteiger partial charge in [-0.05, 0) is 49.7 Å². The summed E-state index contributed by atoms with van der Waals surface area (Å²) in [5.74, 6) is -1.01. The van der Waals surface area contributed by atoms with Gasteiger partial charge >= 0.3 is 5.97 Å². The molecule has 0 aliphatic heterocycles. The highest BCUT2D eigenvalue weighted by molar-refractivity contribution is 6.05. The highest BCUT2D eigenvalue weighted by Crippen LogP contribution is 2.27. The molecule has 3 rings (SSSR count). The molecular weight excluding hydrogens is 318 g/mol. The number of furan rings is 1. The zero-order chi connectivity index (χ0) is 18.0. The highest BCUT2D eigenvalue weighted by atomic mass is 16.4. The maximum Gasteiger partial charge on any atom is 0.371 e. The number of carbonyl (C=O) groups excluding carboxylic acids is 1. The average Bonchev–Trinajstić information content (AvgIpc) is 3.08. The molecule has 0 aliphatic rings. The van der Waals surface area contributed by atoms with Gasteiger partial charge in [0.15, 0.2) is 0 Å². The van der Waals surface area contributed by atoms with Crippen LogP contribution in [0.1, 0.15) is 32.0 Å². The third-order valence-electron chi connectivity index (χ3n) is 3.90. The third-order valence-corrected chi connectivity index (χ3v) is 3.90. The maximum atomic E-state index is 12.4. The summed E-state index contributed by atoms with van der Waals surface area (Å²) in [6, 6.07) is 15.8. The predicted molar refractivity (Wildman–Crippen MR) is 95.0 cm³/mol. The van der Waals surface area contributed by atoms with Crippen LogP contribution in [-0.4, -0.2) is 17.0 Å². The van der Waals surface area contributed by atoms with Crippen molar-refractivity contribution in [2.75, 3.05) is 5.32 Å². The molecule has 0 saturated carbocycles. The van der Waals surface area contributed by atoms with Crippen LogP contribution in [0.25, 0.3) is 11.3 Å². The van der Waals surface area contributed by atoms with E-state index in [-0.39, 0.29) is 11.7 Å². The second-order valence-electron chi connectivity index (χ2n) is 5.82. The van der Waals surface area contributed by atoms with Gasteiger partial charge in [0, 0.05) is 16.8 Å². The molecule has 0 saturated heterocycles. The van der Waals surface area contributed by atoms with Crippen LogP contribution in [0.3, 0.4) is 0 Å². The topological polar surface area (TPSA) is 79.5 Å². The summed E-state index contributed by atoms with van der Waals surface area (Å²) in [4.78, 5) is 23.3. The van der Waals surface area contributed by atoms with Gasteiger partial charge in [-0.25, -0.2) is 4.79 Å². The van der Waals surface area contributed by atoms with Gasteiger partial charge in [-0.3, -0.25) is 4.79 Å². The summed E-state index contributed by atoms with van der Waals surface area (Å²) in [6.07, 6.45) is 0. The molecule has 3 aromatic rings. The first-order chi connectivity index (χ1) is 11.9. The van der Waals surface area contributed by atoms with Crippen LogP contribution >= 0.6 is 0 Å². The predicted octanol–water partition coefficient (Wildman–Crippen LogP) is 4.51. The van der Waals surface area contributed by atoms with Crippen LogP contribution < -0.4 is 5.32 Å². The molecule has 25 heavy (non-hydrogen) atoms. The third kappa shape index (κ3) is 3.61. The fraction of sp³-hybridized carbons (Fsp3) is 0.100. The summed E-state index contributed by atoms with van der Waals surface area (Å²) in [6.45, 7) is 3.85. The van der Waals surface area contributed by atoms with E-state index in [0.29, 0.717) is 22.6 Å². The summed E-state index contributed by atoms with van der Waals surface area (Å²) >= 11 is 0. The van der Waals surface area contributed by atoms with Gasteiger partial charge < -0.3 is 14.8 Å². The number of nitrogens with one attached hydrogen (secondary N) is 1. The number of rotatable bonds is 4. The van der Waals surface area contributed by atoms with Gasteiger partial charge in [0.25, 0.3) is 5.91 Å². The molecule has 2 N–H and O–H groups in total. The Labute approximate surface area is 144 Å². The van der Waals surface area contributed by atoms with Crippen LogP contribution in [0.4, 0.5) is 5.69 Å². The van der Waals surface area contributed by atoms with Crippen LogP contribution in [0.15, 0.2) is 59.0 Å². The van der Waals surface area contributed by atoms with Crippen molar-refractivity contribution >= 4 is 17.6 Å². The minimum Gasteiger partial charge on any atom is -0.475 e. The number of benzene rings is 2. The van der Waals surface area contributed by atoms with Crippen LogP contribution in [-0.2, 0) is 0 Å². The van der Waals surface area contributed by atoms with Crippen LogP contribution in [0, 0.1) is 13.8 Å². The zero-order valence-electron chi connectivity index (χ0n) is 13.9. The standard InChI is InChI=1S/C20H17NO4/c1-12-3-6-14(7-4-12)19(22)21-16-11-15(8-5-13(16)2)17-9-10-18(25-17)20(23)24/h3-11H,1-2H3,(H,21,22)(H,23,24). The molecule has 5 heteroatoms. The lowest BCUT2D eigenvalue weighted by Gasteiger charge is -2.10. The van der Waals surface area contributed by atoms with E-state index in [1.54, 1.807) is 24.3 Å². The van der Waals surface area contributed by atoms with Crippen molar-refractivity contribution in [2.24, 2.45) is 0 Å². The fourth-order valence-corrected chi connectivity index (χ4v) is 2.42. The van der Waals surface area contributed by atoms with Crippen molar-refractivity contribution < 1.29 is 19.1 Å². The van der Waals surface area contributed by atoms with Crippen LogP contribution in [0.5, 0.6) is 0 Å². The number of carboxylic acid groups (broad SMARTS) is 1. The molecule has 1 aromatic heterocycles. The molecule has 0 spiro atoms. The number of carboxylic acids is 1. The number of hydrogen-bond acceptors (Lipinski definition) is 3. The smallest absolute Gasteiger partial charge is 0.371 e. The van der Waals surface area contributed by atoms with E-state index in [9.17, 15) is 9.59 Å². The zero-order valence-corrected chi connectivity index (χ0v) is 13.9. The van der Waals surface area contributed by atoms with Gasteiger partial charge in [0.2, 0.25) is 5.76 Å². The maximum absolute atomic E-state index is 12.4. The molecule has 5 nitrogen and oxygen atoms in total. The molecular formula is C20H17NO4. The van der Waals surface area contributed by atoms with E-state index in [1.165, 1.54) is 6.07 Å². The molecule has 126 valence electrons. The molecule has 0 fully saturated rings. The van der Waals surface area contributed by atoms with E-state index in [1.807, 2.05) is 38.1 Å². The lowest BCUT2D eigenvalue weighted by Crippen LogP contribution is -2.12. The van der Waals surface area contributed by atoms with Crippen molar-refractivity contribution in [1.29, 1.82) is 0 Å². The molecule has 1 heterocycles. The molecule has 0 radical (unpaired) electrons. The Bertz CT molecular complexity index is 939. The highest BCUT2D eigenvalue weighted by Gasteiger charge is 2.13. The molecule has 0 aliphatic carbocycles. The normalized spacial score (nSPS) is 10.5. The monoisotopic (exact) mass is 335 g/mol. The van der Waals surface area contributed by atoms with E-state index >= 15 is 0 Å². The molecule has 0 unspecified atom stereocenters. The minimum atomic E-state index is -1.12. The van der Waals surface area contributed by atoms with E-state index < -0.39 is 5.97 Å². The van der Waals surface area contributed by atoms with Crippen molar-refractivity contribution in [3.8, 4) is 11.3 Å². The molecule has 0 atom stereocenters. The Morgan fingerprint density at radius 3 is 2.32 bits per heavy atom. The number of aromatic carboxylic acids is 1. The largest absolute Gasteiger partial charge is 0.475 e. The summed E-state index contributed by atoms with van der Waals surface area (Å²) < 4.78 is 5.32. The Kier molecular flexibility index (Phi) is 4.39. The number of carbonyl (C=O) groups is 2. The van der Waals surface area contributed by atoms with Crippen LogP contribution in [0.2, 0.25) is 0 Å². The summed E-state index contributed by atoms with van der Waals surface area (Å²) in [5, 5.41) is 11.8. The number of aryl methyl sites for hydroxylation is 2. The Balaban J connectivity index is 1.87. The Morgan fingerprint density at radius 2 is 1.68 bits per heavy atom. The summed E-state index contributed by atoms with van der Waals surface area (Å²) in [5.41, 5.74) is 3.89. The van der Waals surface area contributed by atoms with Gasteiger partial charge in [0.05, 0.1) is 0 Å². The summed E-state index contributed by atoms with van der Waals surface area (Å²) in [7, 11) is 0. The van der Waals surface area contributed by atoms with Gasteiger partial charge in [-0.2, -0.15) is 0 Å². The Morgan fingerprint density at radius 1 is 0.960 bits per heavy atom.